The van der Waals surface area contributed by atoms with Gasteiger partial charge in [-0.2, -0.15) is 0 Å². The molecule has 1 unspecified atom stereocenters. The van der Waals surface area contributed by atoms with Crippen molar-refractivity contribution in [3.05, 3.63) is 0 Å². The molecule has 1 amide bonds. The molecule has 0 bridgehead atoms. The van der Waals surface area contributed by atoms with Gasteiger partial charge in [-0.05, 0) is 31.8 Å². The number of nitrogens with zero attached hydrogens (tertiary/aromatic N) is 2. The summed E-state index contributed by atoms with van der Waals surface area (Å²) in [7, 11) is 0. The first-order valence-corrected chi connectivity index (χ1v) is 6.94. The summed E-state index contributed by atoms with van der Waals surface area (Å²) in [5.74, 6) is 0.931. The molecular weight excluding hydrogens is 232 g/mol. The van der Waals surface area contributed by atoms with Gasteiger partial charge < -0.3 is 20.0 Å². The number of aliphatic hydroxyl groups is 2. The zero-order chi connectivity index (χ0) is 13.0. The summed E-state index contributed by atoms with van der Waals surface area (Å²) in [4.78, 5) is 16.0. The number of β-amino-alcohol motifs (C(OH)–C–C–N with tert-alkyl or cyclic N) is 1. The Morgan fingerprint density at radius 3 is 2.44 bits per heavy atom. The van der Waals surface area contributed by atoms with E-state index in [0.717, 1.165) is 45.6 Å². The van der Waals surface area contributed by atoms with E-state index in [1.54, 1.807) is 0 Å². The predicted octanol–water partition coefficient (Wildman–Crippen LogP) is -0.468. The maximum absolute atomic E-state index is 11.8. The number of amides is 1. The molecule has 2 fully saturated rings. The topological polar surface area (TPSA) is 64.0 Å². The molecule has 0 saturated carbocycles. The van der Waals surface area contributed by atoms with Crippen molar-refractivity contribution in [2.75, 3.05) is 45.9 Å². The van der Waals surface area contributed by atoms with E-state index in [1.165, 1.54) is 0 Å². The summed E-state index contributed by atoms with van der Waals surface area (Å²) in [5.41, 5.74) is 0. The van der Waals surface area contributed by atoms with Crippen LogP contribution in [0.3, 0.4) is 0 Å². The molecule has 0 aromatic rings. The minimum atomic E-state index is 0.122. The van der Waals surface area contributed by atoms with Gasteiger partial charge in [-0.25, -0.2) is 0 Å². The monoisotopic (exact) mass is 256 g/mol. The summed E-state index contributed by atoms with van der Waals surface area (Å²) in [6.45, 7) is 4.74. The third-order valence-electron chi connectivity index (χ3n) is 4.15. The van der Waals surface area contributed by atoms with Crippen molar-refractivity contribution in [2.45, 2.75) is 19.3 Å². The van der Waals surface area contributed by atoms with Gasteiger partial charge in [0.2, 0.25) is 5.91 Å². The summed E-state index contributed by atoms with van der Waals surface area (Å²) < 4.78 is 0. The molecule has 5 nitrogen and oxygen atoms in total. The first-order chi connectivity index (χ1) is 8.72. The predicted molar refractivity (Wildman–Crippen MR) is 68.0 cm³/mol. The zero-order valence-corrected chi connectivity index (χ0v) is 10.9. The standard InChI is InChI=1S/C13H24N2O3/c16-6-5-14-3-1-11(2-4-14)8-15-9-12(10-17)7-13(15)18/h11-12,16-17H,1-10H2. The molecule has 0 spiro atoms. The second-order valence-electron chi connectivity index (χ2n) is 5.56. The van der Waals surface area contributed by atoms with Gasteiger partial charge in [0, 0.05) is 38.6 Å². The maximum atomic E-state index is 11.8. The molecule has 2 heterocycles. The molecule has 0 aromatic heterocycles. The second kappa shape index (κ2) is 6.50. The lowest BCUT2D eigenvalue weighted by Gasteiger charge is -2.33. The van der Waals surface area contributed by atoms with Crippen molar-refractivity contribution in [3.63, 3.8) is 0 Å². The van der Waals surface area contributed by atoms with E-state index < -0.39 is 0 Å². The smallest absolute Gasteiger partial charge is 0.223 e. The Kier molecular flexibility index (Phi) is 4.97. The minimum absolute atomic E-state index is 0.122. The van der Waals surface area contributed by atoms with Crippen molar-refractivity contribution >= 4 is 5.91 Å². The molecule has 104 valence electrons. The number of hydrogen-bond donors (Lipinski definition) is 2. The Labute approximate surface area is 108 Å². The normalized spacial score (nSPS) is 27.1. The van der Waals surface area contributed by atoms with Crippen LogP contribution < -0.4 is 0 Å². The number of carbonyl (C=O) groups excluding carboxylic acids is 1. The Morgan fingerprint density at radius 2 is 1.89 bits per heavy atom. The number of hydrogen-bond acceptors (Lipinski definition) is 4. The van der Waals surface area contributed by atoms with Gasteiger partial charge >= 0.3 is 0 Å². The fourth-order valence-corrected chi connectivity index (χ4v) is 3.00. The quantitative estimate of drug-likeness (QED) is 0.698. The molecule has 2 saturated heterocycles. The van der Waals surface area contributed by atoms with Crippen LogP contribution in [0.1, 0.15) is 19.3 Å². The van der Waals surface area contributed by atoms with Gasteiger partial charge in [0.15, 0.2) is 0 Å². The third kappa shape index (κ3) is 3.43. The molecule has 5 heteroatoms. The molecule has 2 aliphatic rings. The van der Waals surface area contributed by atoms with Crippen LogP contribution in [0.4, 0.5) is 0 Å². The Morgan fingerprint density at radius 1 is 1.17 bits per heavy atom. The fourth-order valence-electron chi connectivity index (χ4n) is 3.00. The number of piperidine rings is 1. The average molecular weight is 256 g/mol. The summed E-state index contributed by atoms with van der Waals surface area (Å²) in [6, 6.07) is 0. The number of aliphatic hydroxyl groups excluding tert-OH is 2. The van der Waals surface area contributed by atoms with E-state index in [9.17, 15) is 4.79 Å². The van der Waals surface area contributed by atoms with Gasteiger partial charge in [0.25, 0.3) is 0 Å². The first kappa shape index (κ1) is 13.8. The lowest BCUT2D eigenvalue weighted by atomic mass is 9.96. The zero-order valence-electron chi connectivity index (χ0n) is 10.9. The summed E-state index contributed by atoms with van der Waals surface area (Å²) in [6.07, 6.45) is 2.72. The summed E-state index contributed by atoms with van der Waals surface area (Å²) in [5, 5.41) is 18.0. The highest BCUT2D eigenvalue weighted by Crippen LogP contribution is 2.23. The largest absolute Gasteiger partial charge is 0.396 e. The van der Waals surface area contributed by atoms with Gasteiger partial charge in [-0.15, -0.1) is 0 Å². The lowest BCUT2D eigenvalue weighted by molar-refractivity contribution is -0.128. The SMILES string of the molecule is O=C1CC(CO)CN1CC1CCN(CCO)CC1. The molecule has 2 aliphatic heterocycles. The maximum Gasteiger partial charge on any atom is 0.223 e. The number of likely N-dealkylation sites (tertiary alicyclic amines) is 2. The van der Waals surface area contributed by atoms with Gasteiger partial charge in [-0.3, -0.25) is 4.79 Å². The number of rotatable bonds is 5. The van der Waals surface area contributed by atoms with Crippen LogP contribution in [0.25, 0.3) is 0 Å². The molecule has 1 atom stereocenters. The van der Waals surface area contributed by atoms with Crippen molar-refractivity contribution in [3.8, 4) is 0 Å². The molecule has 2 N–H and O–H groups in total. The molecule has 0 aromatic carbocycles. The van der Waals surface area contributed by atoms with Crippen LogP contribution in [0.5, 0.6) is 0 Å². The van der Waals surface area contributed by atoms with Crippen LogP contribution in [0.2, 0.25) is 0 Å². The number of carbonyl (C=O) groups is 1. The van der Waals surface area contributed by atoms with Crippen LogP contribution in [-0.4, -0.2) is 71.9 Å². The van der Waals surface area contributed by atoms with Crippen LogP contribution in [0, 0.1) is 11.8 Å². The molecule has 2 rings (SSSR count). The van der Waals surface area contributed by atoms with Crippen LogP contribution in [0.15, 0.2) is 0 Å². The highest BCUT2D eigenvalue weighted by Gasteiger charge is 2.31. The van der Waals surface area contributed by atoms with Gasteiger partial charge in [0.05, 0.1) is 6.61 Å². The molecule has 0 radical (unpaired) electrons. The highest BCUT2D eigenvalue weighted by atomic mass is 16.3. The highest BCUT2D eigenvalue weighted by molar-refractivity contribution is 5.78. The van der Waals surface area contributed by atoms with Crippen LogP contribution >= 0.6 is 0 Å². The van der Waals surface area contributed by atoms with Gasteiger partial charge in [-0.1, -0.05) is 0 Å². The van der Waals surface area contributed by atoms with E-state index in [2.05, 4.69) is 4.90 Å². The molecule has 18 heavy (non-hydrogen) atoms. The second-order valence-corrected chi connectivity index (χ2v) is 5.56. The third-order valence-corrected chi connectivity index (χ3v) is 4.15. The van der Waals surface area contributed by atoms with E-state index in [4.69, 9.17) is 10.2 Å². The van der Waals surface area contributed by atoms with Crippen molar-refractivity contribution < 1.29 is 15.0 Å². The van der Waals surface area contributed by atoms with E-state index >= 15 is 0 Å². The van der Waals surface area contributed by atoms with E-state index in [0.29, 0.717) is 12.3 Å². The van der Waals surface area contributed by atoms with Gasteiger partial charge in [0.1, 0.15) is 0 Å². The van der Waals surface area contributed by atoms with E-state index in [1.807, 2.05) is 4.90 Å². The van der Waals surface area contributed by atoms with E-state index in [-0.39, 0.29) is 25.0 Å². The van der Waals surface area contributed by atoms with Crippen LogP contribution in [-0.2, 0) is 4.79 Å². The average Bonchev–Trinajstić information content (AvgIpc) is 2.73. The first-order valence-electron chi connectivity index (χ1n) is 6.94. The fraction of sp³-hybridized carbons (Fsp3) is 0.923. The van der Waals surface area contributed by atoms with Crippen molar-refractivity contribution in [2.24, 2.45) is 11.8 Å². The van der Waals surface area contributed by atoms with Crippen molar-refractivity contribution in [1.82, 2.24) is 9.80 Å². The van der Waals surface area contributed by atoms with Crippen molar-refractivity contribution in [1.29, 1.82) is 0 Å². The Bertz CT molecular complexity index is 277. The minimum Gasteiger partial charge on any atom is -0.396 e. The Hall–Kier alpha value is -0.650. The molecular formula is C13H24N2O3. The lowest BCUT2D eigenvalue weighted by Crippen LogP contribution is -2.40. The summed E-state index contributed by atoms with van der Waals surface area (Å²) >= 11 is 0. The Balaban J connectivity index is 1.73. The molecule has 0 aliphatic carbocycles.